The summed E-state index contributed by atoms with van der Waals surface area (Å²) < 4.78 is 89.2. The number of anilines is 2. The van der Waals surface area contributed by atoms with Gasteiger partial charge in [-0.05, 0) is 57.6 Å². The number of esters is 1. The number of aromatic nitrogens is 2. The molecule has 41 heavy (non-hydrogen) atoms. The quantitative estimate of drug-likeness (QED) is 0.223. The van der Waals surface area contributed by atoms with E-state index in [2.05, 4.69) is 27.5 Å². The molecule has 4 heterocycles. The van der Waals surface area contributed by atoms with Crippen LogP contribution in [0.3, 0.4) is 0 Å². The molecule has 12 heteroatoms. The molecule has 4 rings (SSSR count). The highest BCUT2D eigenvalue weighted by Gasteiger charge is 2.32. The summed E-state index contributed by atoms with van der Waals surface area (Å²) in [5.41, 5.74) is 0.895. The molecule has 0 amide bonds. The van der Waals surface area contributed by atoms with Crippen LogP contribution < -0.4 is 15.4 Å². The molecule has 3 aromatic heterocycles. The van der Waals surface area contributed by atoms with Gasteiger partial charge in [-0.2, -0.15) is 13.2 Å². The number of hydrogen-bond donors (Lipinski definition) is 2. The van der Waals surface area contributed by atoms with Crippen LogP contribution in [0.15, 0.2) is 36.5 Å². The molecular formula is C29H33F4N5O3. The van der Waals surface area contributed by atoms with Gasteiger partial charge in [0, 0.05) is 30.5 Å². The first-order chi connectivity index (χ1) is 20.6. The van der Waals surface area contributed by atoms with Gasteiger partial charge >= 0.3 is 12.1 Å². The van der Waals surface area contributed by atoms with Gasteiger partial charge in [0.2, 0.25) is 5.88 Å². The summed E-state index contributed by atoms with van der Waals surface area (Å²) in [5, 5.41) is 6.01. The minimum absolute atomic E-state index is 0.0788. The Balaban J connectivity index is 1.60. The summed E-state index contributed by atoms with van der Waals surface area (Å²) >= 11 is 0. The van der Waals surface area contributed by atoms with E-state index in [4.69, 9.17) is 13.6 Å². The lowest BCUT2D eigenvalue weighted by atomic mass is 10.0. The molecule has 1 aliphatic rings. The second-order valence-corrected chi connectivity index (χ2v) is 10.1. The van der Waals surface area contributed by atoms with Crippen LogP contribution in [0, 0.1) is 11.8 Å². The Morgan fingerprint density at radius 3 is 2.80 bits per heavy atom. The molecule has 1 aliphatic heterocycles. The van der Waals surface area contributed by atoms with Crippen LogP contribution in [0.25, 0.3) is 5.52 Å². The van der Waals surface area contributed by atoms with Crippen molar-refractivity contribution in [1.29, 1.82) is 0 Å². The van der Waals surface area contributed by atoms with Gasteiger partial charge < -0.3 is 29.4 Å². The maximum absolute atomic E-state index is 14.7. The number of fused-ring (bicyclic) bond motifs is 1. The molecule has 0 unspecified atom stereocenters. The minimum atomic E-state index is -4.52. The molecule has 0 saturated carbocycles. The third-order valence-electron chi connectivity index (χ3n) is 6.47. The first kappa shape index (κ1) is 26.0. The van der Waals surface area contributed by atoms with E-state index in [0.717, 1.165) is 0 Å². The predicted octanol–water partition coefficient (Wildman–Crippen LogP) is 4.93. The van der Waals surface area contributed by atoms with Gasteiger partial charge in [-0.25, -0.2) is 14.2 Å². The van der Waals surface area contributed by atoms with Gasteiger partial charge in [0.25, 0.3) is 0 Å². The standard InChI is InChI=1S/C29H33F4N5O3/c1-18(2)41-28(39)24-10-9-23(27(36-24)40-4)34-12-5-7-19-15-25-22(35-21-11-14-37(3)17-20(21)30)8-6-13-38(25)26(19)16-29(31,32)33/h6,8-10,13,15,18,20-21,34-35H,11-12,14,16-17H2,1-4H3/t20-,21+/m0/s1/i4D3. The third kappa shape index (κ3) is 7.61. The van der Waals surface area contributed by atoms with E-state index in [1.807, 2.05) is 11.9 Å². The molecular weight excluding hydrogens is 542 g/mol. The molecule has 2 atom stereocenters. The van der Waals surface area contributed by atoms with Crippen LogP contribution in [0.5, 0.6) is 5.88 Å². The predicted molar refractivity (Wildman–Crippen MR) is 148 cm³/mol. The molecule has 0 spiro atoms. The lowest BCUT2D eigenvalue weighted by molar-refractivity contribution is -0.128. The number of hydrogen-bond acceptors (Lipinski definition) is 7. The number of ether oxygens (including phenoxy) is 2. The average Bonchev–Trinajstić information content (AvgIpc) is 3.24. The summed E-state index contributed by atoms with van der Waals surface area (Å²) in [6.45, 7) is 4.10. The number of halogens is 4. The number of alkyl halides is 4. The van der Waals surface area contributed by atoms with E-state index in [9.17, 15) is 22.4 Å². The zero-order valence-corrected chi connectivity index (χ0v) is 22.8. The molecule has 0 bridgehead atoms. The minimum Gasteiger partial charge on any atom is -0.480 e. The average molecular weight is 579 g/mol. The molecule has 0 radical (unpaired) electrons. The molecule has 1 fully saturated rings. The summed E-state index contributed by atoms with van der Waals surface area (Å²) in [4.78, 5) is 18.1. The van der Waals surface area contributed by atoms with Crippen LogP contribution in [0.1, 0.15) is 46.1 Å². The second-order valence-electron chi connectivity index (χ2n) is 10.1. The van der Waals surface area contributed by atoms with Crippen molar-refractivity contribution in [3.8, 4) is 17.7 Å². The molecule has 0 aliphatic carbocycles. The monoisotopic (exact) mass is 578 g/mol. The van der Waals surface area contributed by atoms with E-state index in [0.29, 0.717) is 24.2 Å². The number of methoxy groups -OCH3 is 1. The van der Waals surface area contributed by atoms with Gasteiger partial charge in [-0.3, -0.25) is 0 Å². The van der Waals surface area contributed by atoms with Gasteiger partial charge in [0.1, 0.15) is 6.17 Å². The number of rotatable bonds is 8. The Bertz CT molecular complexity index is 1550. The number of piperidine rings is 1. The number of carbonyl (C=O) groups excluding carboxylic acids is 1. The van der Waals surface area contributed by atoms with Crippen molar-refractivity contribution >= 4 is 22.9 Å². The van der Waals surface area contributed by atoms with Crippen molar-refractivity contribution < 1.29 is 35.9 Å². The smallest absolute Gasteiger partial charge is 0.394 e. The Kier molecular flexibility index (Phi) is 8.03. The molecule has 8 nitrogen and oxygen atoms in total. The van der Waals surface area contributed by atoms with Crippen LogP contribution in [-0.4, -0.2) is 78.5 Å². The van der Waals surface area contributed by atoms with E-state index in [-0.39, 0.29) is 35.7 Å². The number of nitrogens with one attached hydrogen (secondary N) is 2. The summed E-state index contributed by atoms with van der Waals surface area (Å²) in [6, 6.07) is 7.00. The fourth-order valence-corrected chi connectivity index (χ4v) is 4.59. The van der Waals surface area contributed by atoms with E-state index < -0.39 is 49.8 Å². The van der Waals surface area contributed by atoms with Crippen molar-refractivity contribution in [2.45, 2.75) is 51.2 Å². The lowest BCUT2D eigenvalue weighted by Gasteiger charge is -2.33. The maximum atomic E-state index is 14.7. The zero-order chi connectivity index (χ0) is 32.2. The van der Waals surface area contributed by atoms with Crippen molar-refractivity contribution in [2.24, 2.45) is 0 Å². The summed E-state index contributed by atoms with van der Waals surface area (Å²) in [5.74, 6) is 4.36. The first-order valence-corrected chi connectivity index (χ1v) is 13.0. The zero-order valence-electron chi connectivity index (χ0n) is 25.8. The highest BCUT2D eigenvalue weighted by molar-refractivity contribution is 5.88. The second kappa shape index (κ2) is 12.7. The van der Waals surface area contributed by atoms with Crippen molar-refractivity contribution in [1.82, 2.24) is 14.3 Å². The van der Waals surface area contributed by atoms with Crippen LogP contribution in [0.4, 0.5) is 28.9 Å². The number of carbonyl (C=O) groups is 1. The van der Waals surface area contributed by atoms with Gasteiger partial charge in [-0.1, -0.05) is 11.8 Å². The van der Waals surface area contributed by atoms with Gasteiger partial charge in [0.15, 0.2) is 5.69 Å². The summed E-state index contributed by atoms with van der Waals surface area (Å²) in [6.07, 6.45) is -5.29. The first-order valence-electron chi connectivity index (χ1n) is 14.5. The normalized spacial score (nSPS) is 19.1. The topological polar surface area (TPSA) is 80.1 Å². The Hall–Kier alpha value is -3.98. The Labute approximate surface area is 240 Å². The number of nitrogens with zero attached hydrogens (tertiary/aromatic N) is 3. The number of pyridine rings is 2. The fraction of sp³-hybridized carbons (Fsp3) is 0.448. The highest BCUT2D eigenvalue weighted by atomic mass is 19.4. The van der Waals surface area contributed by atoms with E-state index >= 15 is 0 Å². The largest absolute Gasteiger partial charge is 0.480 e. The van der Waals surface area contributed by atoms with Gasteiger partial charge in [-0.15, -0.1) is 0 Å². The molecule has 1 saturated heterocycles. The van der Waals surface area contributed by atoms with Crippen LogP contribution in [0.2, 0.25) is 0 Å². The van der Waals surface area contributed by atoms with Crippen molar-refractivity contribution in [3.63, 3.8) is 0 Å². The van der Waals surface area contributed by atoms with Crippen LogP contribution in [-0.2, 0) is 11.2 Å². The molecule has 2 N–H and O–H groups in total. The van der Waals surface area contributed by atoms with E-state index in [1.54, 1.807) is 26.0 Å². The van der Waals surface area contributed by atoms with Crippen molar-refractivity contribution in [3.05, 3.63) is 53.5 Å². The molecule has 0 aromatic carbocycles. The summed E-state index contributed by atoms with van der Waals surface area (Å²) in [7, 11) is -1.05. The third-order valence-corrected chi connectivity index (χ3v) is 6.47. The van der Waals surface area contributed by atoms with Crippen molar-refractivity contribution in [2.75, 3.05) is 44.4 Å². The van der Waals surface area contributed by atoms with Gasteiger partial charge in [0.05, 0.1) is 53.2 Å². The molecule has 220 valence electrons. The Morgan fingerprint density at radius 1 is 1.29 bits per heavy atom. The highest BCUT2D eigenvalue weighted by Crippen LogP contribution is 2.30. The maximum Gasteiger partial charge on any atom is 0.394 e. The Morgan fingerprint density at radius 2 is 2.10 bits per heavy atom. The number of likely N-dealkylation sites (tertiary alicyclic amines) is 1. The fourth-order valence-electron chi connectivity index (χ4n) is 4.59. The molecule has 3 aromatic rings. The lowest BCUT2D eigenvalue weighted by Crippen LogP contribution is -2.46. The van der Waals surface area contributed by atoms with Crippen LogP contribution >= 0.6 is 0 Å². The SMILES string of the molecule is [2H]C([2H])([2H])Oc1nc(C(=O)OC(C)C)ccc1NCC#Cc1cc2c(N[C@@H]3CCN(C)C[C@@H]3F)cccn2c1CC(F)(F)F. The van der Waals surface area contributed by atoms with E-state index in [1.165, 1.54) is 28.8 Å².